The van der Waals surface area contributed by atoms with Crippen molar-refractivity contribution in [2.45, 2.75) is 76.7 Å². The van der Waals surface area contributed by atoms with Gasteiger partial charge in [0.25, 0.3) is 0 Å². The van der Waals surface area contributed by atoms with Crippen LogP contribution in [0.1, 0.15) is 70.6 Å². The predicted octanol–water partition coefficient (Wildman–Crippen LogP) is 3.65. The minimum Gasteiger partial charge on any atom is -0.462 e. The lowest BCUT2D eigenvalue weighted by Crippen LogP contribution is -2.38. The highest BCUT2D eigenvalue weighted by molar-refractivity contribution is 5.80. The van der Waals surface area contributed by atoms with Crippen molar-refractivity contribution in [1.82, 2.24) is 0 Å². The SMILES string of the molecule is O=C1CCCC(OC(=O)C2CCCC3CCCCC32)C1. The predicted molar refractivity (Wildman–Crippen MR) is 76.1 cm³/mol. The summed E-state index contributed by atoms with van der Waals surface area (Å²) in [4.78, 5) is 24.0. The van der Waals surface area contributed by atoms with E-state index in [-0.39, 0.29) is 23.8 Å². The Morgan fingerprint density at radius 3 is 2.60 bits per heavy atom. The fourth-order valence-electron chi connectivity index (χ4n) is 4.57. The van der Waals surface area contributed by atoms with Gasteiger partial charge in [-0.25, -0.2) is 0 Å². The topological polar surface area (TPSA) is 43.4 Å². The monoisotopic (exact) mass is 278 g/mol. The summed E-state index contributed by atoms with van der Waals surface area (Å²) in [6.07, 6.45) is 11.3. The normalized spacial score (nSPS) is 38.1. The van der Waals surface area contributed by atoms with Gasteiger partial charge in [0.05, 0.1) is 5.92 Å². The van der Waals surface area contributed by atoms with E-state index in [4.69, 9.17) is 4.74 Å². The Labute approximate surface area is 121 Å². The van der Waals surface area contributed by atoms with Crippen LogP contribution in [0.4, 0.5) is 0 Å². The average Bonchev–Trinajstić information content (AvgIpc) is 2.46. The fraction of sp³-hybridized carbons (Fsp3) is 0.882. The van der Waals surface area contributed by atoms with Gasteiger partial charge >= 0.3 is 5.97 Å². The molecule has 0 radical (unpaired) electrons. The molecule has 3 aliphatic rings. The third-order valence-corrected chi connectivity index (χ3v) is 5.60. The van der Waals surface area contributed by atoms with Crippen LogP contribution >= 0.6 is 0 Å². The first kappa shape index (κ1) is 14.1. The highest BCUT2D eigenvalue weighted by Gasteiger charge is 2.40. The standard InChI is InChI=1S/C17H26O3/c18-13-7-4-8-14(11-13)20-17(19)16-10-3-6-12-5-1-2-9-15(12)16/h12,14-16H,1-11H2. The third-order valence-electron chi connectivity index (χ3n) is 5.60. The molecule has 0 aliphatic heterocycles. The van der Waals surface area contributed by atoms with E-state index in [0.717, 1.165) is 25.2 Å². The lowest BCUT2D eigenvalue weighted by Gasteiger charge is -2.40. The molecule has 0 bridgehead atoms. The first-order chi connectivity index (χ1) is 9.74. The number of fused-ring (bicyclic) bond motifs is 1. The first-order valence-electron chi connectivity index (χ1n) is 8.46. The average molecular weight is 278 g/mol. The Hall–Kier alpha value is -0.860. The number of Topliss-reactive ketones (excluding diaryl/α,β-unsaturated/α-hetero) is 1. The maximum Gasteiger partial charge on any atom is 0.309 e. The lowest BCUT2D eigenvalue weighted by molar-refractivity contribution is -0.161. The van der Waals surface area contributed by atoms with E-state index < -0.39 is 0 Å². The second kappa shape index (κ2) is 6.28. The molecule has 0 aromatic heterocycles. The molecule has 20 heavy (non-hydrogen) atoms. The minimum absolute atomic E-state index is 0.00120. The Bertz CT molecular complexity index is 374. The van der Waals surface area contributed by atoms with Crippen LogP contribution in [0.2, 0.25) is 0 Å². The fourth-order valence-corrected chi connectivity index (χ4v) is 4.57. The Morgan fingerprint density at radius 1 is 0.950 bits per heavy atom. The maximum atomic E-state index is 12.5. The summed E-state index contributed by atoms with van der Waals surface area (Å²) >= 11 is 0. The van der Waals surface area contributed by atoms with E-state index in [2.05, 4.69) is 0 Å². The molecular weight excluding hydrogens is 252 g/mol. The van der Waals surface area contributed by atoms with E-state index in [9.17, 15) is 9.59 Å². The van der Waals surface area contributed by atoms with Crippen LogP contribution < -0.4 is 0 Å². The second-order valence-corrected chi connectivity index (χ2v) is 6.94. The Morgan fingerprint density at radius 2 is 1.75 bits per heavy atom. The molecule has 0 heterocycles. The zero-order valence-corrected chi connectivity index (χ0v) is 12.3. The molecule has 3 heteroatoms. The molecule has 112 valence electrons. The molecular formula is C17H26O3. The lowest BCUT2D eigenvalue weighted by atomic mass is 9.65. The molecule has 4 atom stereocenters. The summed E-state index contributed by atoms with van der Waals surface area (Å²) in [6, 6.07) is 0. The molecule has 0 spiro atoms. The van der Waals surface area contributed by atoms with Crippen LogP contribution in [-0.4, -0.2) is 17.9 Å². The van der Waals surface area contributed by atoms with Crippen molar-refractivity contribution in [3.05, 3.63) is 0 Å². The molecule has 0 aromatic carbocycles. The molecule has 0 amide bonds. The minimum atomic E-state index is -0.132. The summed E-state index contributed by atoms with van der Waals surface area (Å²) in [6.45, 7) is 0. The molecule has 0 N–H and O–H groups in total. The smallest absolute Gasteiger partial charge is 0.309 e. The Kier molecular flexibility index (Phi) is 4.42. The van der Waals surface area contributed by atoms with E-state index in [1.165, 1.54) is 38.5 Å². The van der Waals surface area contributed by atoms with Crippen LogP contribution in [0.3, 0.4) is 0 Å². The summed E-state index contributed by atoms with van der Waals surface area (Å²) < 4.78 is 5.69. The third kappa shape index (κ3) is 3.07. The molecule has 4 unspecified atom stereocenters. The summed E-state index contributed by atoms with van der Waals surface area (Å²) in [5, 5.41) is 0. The van der Waals surface area contributed by atoms with Gasteiger partial charge in [0.2, 0.25) is 0 Å². The molecule has 0 aromatic rings. The summed E-state index contributed by atoms with van der Waals surface area (Å²) in [5.41, 5.74) is 0. The van der Waals surface area contributed by atoms with Gasteiger partial charge in [-0.05, 0) is 37.5 Å². The van der Waals surface area contributed by atoms with Gasteiger partial charge in [0.1, 0.15) is 11.9 Å². The molecule has 3 fully saturated rings. The largest absolute Gasteiger partial charge is 0.462 e. The van der Waals surface area contributed by atoms with Crippen LogP contribution in [0.25, 0.3) is 0 Å². The zero-order valence-electron chi connectivity index (χ0n) is 12.3. The van der Waals surface area contributed by atoms with E-state index in [1.807, 2.05) is 0 Å². The van der Waals surface area contributed by atoms with Crippen molar-refractivity contribution in [3.63, 3.8) is 0 Å². The quantitative estimate of drug-likeness (QED) is 0.724. The number of ether oxygens (including phenoxy) is 1. The van der Waals surface area contributed by atoms with Gasteiger partial charge in [-0.15, -0.1) is 0 Å². The van der Waals surface area contributed by atoms with Gasteiger partial charge in [-0.1, -0.05) is 32.1 Å². The van der Waals surface area contributed by atoms with Crippen molar-refractivity contribution < 1.29 is 14.3 Å². The van der Waals surface area contributed by atoms with Crippen molar-refractivity contribution in [3.8, 4) is 0 Å². The van der Waals surface area contributed by atoms with E-state index >= 15 is 0 Å². The molecule has 3 nitrogen and oxygen atoms in total. The van der Waals surface area contributed by atoms with E-state index in [1.54, 1.807) is 0 Å². The second-order valence-electron chi connectivity index (χ2n) is 6.94. The first-order valence-corrected chi connectivity index (χ1v) is 8.46. The van der Waals surface area contributed by atoms with Crippen LogP contribution in [0, 0.1) is 17.8 Å². The van der Waals surface area contributed by atoms with E-state index in [0.29, 0.717) is 18.8 Å². The number of esters is 1. The zero-order chi connectivity index (χ0) is 13.9. The van der Waals surface area contributed by atoms with Crippen molar-refractivity contribution in [1.29, 1.82) is 0 Å². The Balaban J connectivity index is 1.59. The highest BCUT2D eigenvalue weighted by atomic mass is 16.5. The molecule has 3 saturated carbocycles. The van der Waals surface area contributed by atoms with Crippen LogP contribution in [0.5, 0.6) is 0 Å². The van der Waals surface area contributed by atoms with Crippen molar-refractivity contribution in [2.75, 3.05) is 0 Å². The van der Waals surface area contributed by atoms with Gasteiger partial charge in [0, 0.05) is 12.8 Å². The number of hydrogen-bond acceptors (Lipinski definition) is 3. The van der Waals surface area contributed by atoms with Gasteiger partial charge in [0.15, 0.2) is 0 Å². The van der Waals surface area contributed by atoms with Gasteiger partial charge in [-0.2, -0.15) is 0 Å². The number of ketones is 1. The molecule has 3 rings (SSSR count). The number of carbonyl (C=O) groups excluding carboxylic acids is 2. The molecule has 3 aliphatic carbocycles. The van der Waals surface area contributed by atoms with Crippen LogP contribution in [0.15, 0.2) is 0 Å². The van der Waals surface area contributed by atoms with Gasteiger partial charge in [-0.3, -0.25) is 9.59 Å². The van der Waals surface area contributed by atoms with Crippen molar-refractivity contribution in [2.24, 2.45) is 17.8 Å². The number of hydrogen-bond donors (Lipinski definition) is 0. The van der Waals surface area contributed by atoms with Crippen molar-refractivity contribution >= 4 is 11.8 Å². The van der Waals surface area contributed by atoms with Gasteiger partial charge < -0.3 is 4.74 Å². The maximum absolute atomic E-state index is 12.5. The highest BCUT2D eigenvalue weighted by Crippen LogP contribution is 2.44. The summed E-state index contributed by atoms with van der Waals surface area (Å²) in [7, 11) is 0. The number of rotatable bonds is 2. The van der Waals surface area contributed by atoms with Crippen LogP contribution in [-0.2, 0) is 14.3 Å². The summed E-state index contributed by atoms with van der Waals surface area (Å²) in [5.74, 6) is 1.69. The molecule has 0 saturated heterocycles. The number of carbonyl (C=O) groups is 2.